The summed E-state index contributed by atoms with van der Waals surface area (Å²) in [7, 11) is 0. The predicted octanol–water partition coefficient (Wildman–Crippen LogP) is 5.09. The number of benzene rings is 1. The summed E-state index contributed by atoms with van der Waals surface area (Å²) in [4.78, 5) is 4.01. The van der Waals surface area contributed by atoms with Crippen LogP contribution in [0.4, 0.5) is 19.0 Å². The average molecular weight is 361 g/mol. The van der Waals surface area contributed by atoms with Gasteiger partial charge in [-0.3, -0.25) is 0 Å². The molecule has 0 aliphatic heterocycles. The molecule has 0 aliphatic rings. The maximum Gasteiger partial charge on any atom is 0.416 e. The van der Waals surface area contributed by atoms with Crippen LogP contribution in [-0.4, -0.2) is 11.5 Å². The highest BCUT2D eigenvalue weighted by atomic mass is 79.9. The van der Waals surface area contributed by atoms with Crippen LogP contribution >= 0.6 is 15.9 Å². The molecule has 0 amide bonds. The first-order valence-corrected chi connectivity index (χ1v) is 6.94. The van der Waals surface area contributed by atoms with Crippen molar-refractivity contribution < 1.29 is 17.9 Å². The molecule has 0 unspecified atom stereocenters. The molecular formula is C14H12BrF3N2O. The van der Waals surface area contributed by atoms with Crippen LogP contribution in [0.25, 0.3) is 0 Å². The van der Waals surface area contributed by atoms with Crippen molar-refractivity contribution in [2.24, 2.45) is 0 Å². The lowest BCUT2D eigenvalue weighted by Crippen LogP contribution is -2.08. The van der Waals surface area contributed by atoms with Gasteiger partial charge in [-0.15, -0.1) is 0 Å². The van der Waals surface area contributed by atoms with Crippen LogP contribution in [0.1, 0.15) is 12.5 Å². The Balaban J connectivity index is 2.35. The molecule has 0 bridgehead atoms. The summed E-state index contributed by atoms with van der Waals surface area (Å²) < 4.78 is 44.8. The molecule has 1 N–H and O–H groups in total. The van der Waals surface area contributed by atoms with Gasteiger partial charge in [0, 0.05) is 17.1 Å². The number of nitrogens with one attached hydrogen (secondary N) is 1. The highest BCUT2D eigenvalue weighted by molar-refractivity contribution is 9.10. The molecule has 0 spiro atoms. The number of aromatic nitrogens is 1. The zero-order valence-electron chi connectivity index (χ0n) is 11.0. The normalized spacial score (nSPS) is 11.3. The Bertz CT molecular complexity index is 632. The molecule has 1 heterocycles. The fourth-order valence-corrected chi connectivity index (χ4v) is 2.02. The van der Waals surface area contributed by atoms with E-state index in [-0.39, 0.29) is 11.7 Å². The van der Waals surface area contributed by atoms with Gasteiger partial charge in [-0.1, -0.05) is 22.0 Å². The summed E-state index contributed by atoms with van der Waals surface area (Å²) in [5.74, 6) is 0.412. The summed E-state index contributed by atoms with van der Waals surface area (Å²) >= 11 is 3.27. The van der Waals surface area contributed by atoms with Crippen molar-refractivity contribution in [3.63, 3.8) is 0 Å². The molecule has 112 valence electrons. The van der Waals surface area contributed by atoms with Crippen molar-refractivity contribution in [3.8, 4) is 11.6 Å². The molecule has 1 aromatic heterocycles. The molecule has 2 rings (SSSR count). The van der Waals surface area contributed by atoms with Gasteiger partial charge in [0.15, 0.2) is 0 Å². The fraction of sp³-hybridized carbons (Fsp3) is 0.214. The third-order valence-corrected chi connectivity index (χ3v) is 3.00. The van der Waals surface area contributed by atoms with Crippen LogP contribution in [0.5, 0.6) is 11.6 Å². The first-order valence-electron chi connectivity index (χ1n) is 6.15. The SMILES string of the molecule is CCNc1cc(C(F)(F)F)cc(Oc2cccc(Br)c2)n1. The third kappa shape index (κ3) is 4.35. The second-order valence-electron chi connectivity index (χ2n) is 4.17. The first-order chi connectivity index (χ1) is 9.88. The average Bonchev–Trinajstić information content (AvgIpc) is 2.37. The molecule has 0 fully saturated rings. The van der Waals surface area contributed by atoms with Crippen molar-refractivity contribution in [2.75, 3.05) is 11.9 Å². The molecule has 7 heteroatoms. The minimum Gasteiger partial charge on any atom is -0.439 e. The van der Waals surface area contributed by atoms with Crippen molar-refractivity contribution in [1.29, 1.82) is 0 Å². The largest absolute Gasteiger partial charge is 0.439 e. The molecule has 1 aromatic carbocycles. The highest BCUT2D eigenvalue weighted by Crippen LogP contribution is 2.34. The molecule has 0 aliphatic carbocycles. The van der Waals surface area contributed by atoms with Gasteiger partial charge in [0.1, 0.15) is 11.6 Å². The molecule has 0 atom stereocenters. The van der Waals surface area contributed by atoms with Crippen LogP contribution in [0.3, 0.4) is 0 Å². The van der Waals surface area contributed by atoms with E-state index in [9.17, 15) is 13.2 Å². The number of anilines is 1. The van der Waals surface area contributed by atoms with Crippen molar-refractivity contribution >= 4 is 21.7 Å². The fourth-order valence-electron chi connectivity index (χ4n) is 1.64. The van der Waals surface area contributed by atoms with E-state index in [1.165, 1.54) is 0 Å². The van der Waals surface area contributed by atoms with Crippen LogP contribution in [-0.2, 0) is 6.18 Å². The van der Waals surface area contributed by atoms with Gasteiger partial charge in [-0.25, -0.2) is 0 Å². The molecule has 0 radical (unpaired) electrons. The minimum absolute atomic E-state index is 0.112. The molecule has 21 heavy (non-hydrogen) atoms. The number of alkyl halides is 3. The standard InChI is InChI=1S/C14H12BrF3N2O/c1-2-19-12-6-9(14(16,17)18)7-13(20-12)21-11-5-3-4-10(15)8-11/h3-8H,2H2,1H3,(H,19,20). The van der Waals surface area contributed by atoms with Gasteiger partial charge < -0.3 is 10.1 Å². The van der Waals surface area contributed by atoms with Crippen molar-refractivity contribution in [3.05, 3.63) is 46.4 Å². The van der Waals surface area contributed by atoms with Gasteiger partial charge in [0.05, 0.1) is 5.56 Å². The summed E-state index contributed by atoms with van der Waals surface area (Å²) in [6, 6.07) is 8.63. The Morgan fingerprint density at radius 2 is 2.00 bits per heavy atom. The maximum atomic E-state index is 12.9. The second kappa shape index (κ2) is 6.34. The Kier molecular flexibility index (Phi) is 4.72. The Hall–Kier alpha value is -1.76. The minimum atomic E-state index is -4.46. The van der Waals surface area contributed by atoms with Gasteiger partial charge in [0.2, 0.25) is 5.88 Å². The number of rotatable bonds is 4. The van der Waals surface area contributed by atoms with Crippen LogP contribution < -0.4 is 10.1 Å². The van der Waals surface area contributed by atoms with Gasteiger partial charge in [-0.05, 0) is 31.2 Å². The molecular weight excluding hydrogens is 349 g/mol. The summed E-state index contributed by atoms with van der Waals surface area (Å²) in [5.41, 5.74) is -0.807. The number of hydrogen-bond acceptors (Lipinski definition) is 3. The van der Waals surface area contributed by atoms with E-state index in [2.05, 4.69) is 26.2 Å². The highest BCUT2D eigenvalue weighted by Gasteiger charge is 2.32. The molecule has 0 saturated carbocycles. The lowest BCUT2D eigenvalue weighted by atomic mass is 10.2. The smallest absolute Gasteiger partial charge is 0.416 e. The van der Waals surface area contributed by atoms with E-state index in [0.29, 0.717) is 12.3 Å². The monoisotopic (exact) mass is 360 g/mol. The summed E-state index contributed by atoms with van der Waals surface area (Å²) in [6.45, 7) is 2.24. The number of ether oxygens (including phenoxy) is 1. The van der Waals surface area contributed by atoms with E-state index < -0.39 is 11.7 Å². The number of pyridine rings is 1. The lowest BCUT2D eigenvalue weighted by molar-refractivity contribution is -0.137. The van der Waals surface area contributed by atoms with Crippen molar-refractivity contribution in [1.82, 2.24) is 4.98 Å². The van der Waals surface area contributed by atoms with Gasteiger partial charge in [-0.2, -0.15) is 18.2 Å². The zero-order chi connectivity index (χ0) is 15.5. The van der Waals surface area contributed by atoms with Gasteiger partial charge in [0.25, 0.3) is 0 Å². The molecule has 0 saturated heterocycles. The number of hydrogen-bond donors (Lipinski definition) is 1. The number of nitrogens with zero attached hydrogens (tertiary/aromatic N) is 1. The summed E-state index contributed by atoms with van der Waals surface area (Å²) in [5, 5.41) is 2.76. The van der Waals surface area contributed by atoms with Crippen LogP contribution in [0, 0.1) is 0 Å². The topological polar surface area (TPSA) is 34.1 Å². The van der Waals surface area contributed by atoms with Crippen LogP contribution in [0.2, 0.25) is 0 Å². The quantitative estimate of drug-likeness (QED) is 0.824. The third-order valence-electron chi connectivity index (χ3n) is 2.51. The number of halogens is 4. The summed E-state index contributed by atoms with van der Waals surface area (Å²) in [6.07, 6.45) is -4.46. The Morgan fingerprint density at radius 1 is 1.24 bits per heavy atom. The Labute approximate surface area is 128 Å². The lowest BCUT2D eigenvalue weighted by Gasteiger charge is -2.12. The molecule has 3 nitrogen and oxygen atoms in total. The predicted molar refractivity (Wildman–Crippen MR) is 77.6 cm³/mol. The van der Waals surface area contributed by atoms with E-state index in [4.69, 9.17) is 4.74 Å². The van der Waals surface area contributed by atoms with E-state index >= 15 is 0 Å². The second-order valence-corrected chi connectivity index (χ2v) is 5.08. The van der Waals surface area contributed by atoms with Gasteiger partial charge >= 0.3 is 6.18 Å². The van der Waals surface area contributed by atoms with Crippen molar-refractivity contribution in [2.45, 2.75) is 13.1 Å². The van der Waals surface area contributed by atoms with E-state index in [1.54, 1.807) is 31.2 Å². The first kappa shape index (κ1) is 15.6. The zero-order valence-corrected chi connectivity index (χ0v) is 12.6. The Morgan fingerprint density at radius 3 is 2.62 bits per heavy atom. The van der Waals surface area contributed by atoms with E-state index in [1.807, 2.05) is 0 Å². The maximum absolute atomic E-state index is 12.9. The van der Waals surface area contributed by atoms with E-state index in [0.717, 1.165) is 16.6 Å². The molecule has 2 aromatic rings. The van der Waals surface area contributed by atoms with Crippen LogP contribution in [0.15, 0.2) is 40.9 Å².